The lowest BCUT2D eigenvalue weighted by Gasteiger charge is -2.21. The first kappa shape index (κ1) is 25.8. The van der Waals surface area contributed by atoms with E-state index in [1.165, 1.54) is 21.8 Å². The lowest BCUT2D eigenvalue weighted by molar-refractivity contribution is 0.00699. The summed E-state index contributed by atoms with van der Waals surface area (Å²) in [7, 11) is 0. The molecule has 0 unspecified atom stereocenters. The molecule has 0 aliphatic heterocycles. The van der Waals surface area contributed by atoms with Crippen molar-refractivity contribution in [2.45, 2.75) is 84.3 Å². The number of phenolic OH excluding ortho intramolecular Hbond substituents is 1. The number of thiophene rings is 2. The number of aromatic hydroxyl groups is 1. The molecule has 0 bridgehead atoms. The van der Waals surface area contributed by atoms with Crippen LogP contribution in [0.5, 0.6) is 5.75 Å². The summed E-state index contributed by atoms with van der Waals surface area (Å²) in [5.74, 6) is -0.131. The van der Waals surface area contributed by atoms with Crippen LogP contribution >= 0.6 is 22.7 Å². The predicted octanol–water partition coefficient (Wildman–Crippen LogP) is 7.22. The smallest absolute Gasteiger partial charge is 0.341 e. The van der Waals surface area contributed by atoms with Gasteiger partial charge in [-0.1, -0.05) is 12.1 Å². The van der Waals surface area contributed by atoms with Gasteiger partial charge in [-0.3, -0.25) is 5.32 Å². The number of hydrogen-bond donors (Lipinski definition) is 3. The minimum absolute atomic E-state index is 0.248. The van der Waals surface area contributed by atoms with Crippen molar-refractivity contribution >= 4 is 39.7 Å². The summed E-state index contributed by atoms with van der Waals surface area (Å²) in [5.41, 5.74) is 4.10. The molecule has 0 radical (unpaired) electrons. The fourth-order valence-corrected chi connectivity index (χ4v) is 7.93. The first-order valence-corrected chi connectivity index (χ1v) is 14.7. The van der Waals surface area contributed by atoms with Crippen LogP contribution in [0.2, 0.25) is 0 Å². The van der Waals surface area contributed by atoms with E-state index in [2.05, 4.69) is 10.6 Å². The highest BCUT2D eigenvalue weighted by Crippen LogP contribution is 2.43. The van der Waals surface area contributed by atoms with Gasteiger partial charge in [0, 0.05) is 26.7 Å². The Bertz CT molecular complexity index is 1330. The van der Waals surface area contributed by atoms with Crippen LogP contribution < -0.4 is 10.6 Å². The Hall–Kier alpha value is -2.84. The summed E-state index contributed by atoms with van der Waals surface area (Å²) >= 11 is 3.21. The van der Waals surface area contributed by atoms with Crippen molar-refractivity contribution in [3.05, 3.63) is 56.3 Å². The van der Waals surface area contributed by atoms with E-state index in [1.807, 2.05) is 39.0 Å². The Morgan fingerprint density at radius 3 is 2.30 bits per heavy atom. The van der Waals surface area contributed by atoms with Crippen LogP contribution in [0.25, 0.3) is 10.4 Å². The van der Waals surface area contributed by atoms with Gasteiger partial charge in [0.15, 0.2) is 0 Å². The van der Waals surface area contributed by atoms with E-state index < -0.39 is 5.60 Å². The van der Waals surface area contributed by atoms with E-state index in [1.54, 1.807) is 17.4 Å². The van der Waals surface area contributed by atoms with Crippen LogP contribution in [0, 0.1) is 0 Å². The van der Waals surface area contributed by atoms with Gasteiger partial charge in [-0.05, 0) is 101 Å². The highest BCUT2D eigenvalue weighted by atomic mass is 32.1. The summed E-state index contributed by atoms with van der Waals surface area (Å²) in [5, 5.41) is 17.1. The Morgan fingerprint density at radius 1 is 0.946 bits per heavy atom. The predicted molar refractivity (Wildman–Crippen MR) is 150 cm³/mol. The van der Waals surface area contributed by atoms with Crippen LogP contribution in [0.4, 0.5) is 9.80 Å². The van der Waals surface area contributed by atoms with E-state index in [9.17, 15) is 14.7 Å². The van der Waals surface area contributed by atoms with Crippen LogP contribution in [0.15, 0.2) is 24.3 Å². The van der Waals surface area contributed by atoms with E-state index in [0.717, 1.165) is 77.8 Å². The molecular weight excluding hydrogens is 504 g/mol. The molecule has 2 aromatic heterocycles. The molecule has 3 aromatic rings. The van der Waals surface area contributed by atoms with E-state index in [-0.39, 0.29) is 17.7 Å². The van der Waals surface area contributed by atoms with Crippen LogP contribution in [-0.2, 0) is 37.0 Å². The second-order valence-electron chi connectivity index (χ2n) is 10.8. The number of amides is 2. The summed E-state index contributed by atoms with van der Waals surface area (Å²) < 4.78 is 5.70. The third-order valence-corrected chi connectivity index (χ3v) is 9.43. The molecule has 8 heteroatoms. The number of para-hydroxylation sites is 1. The van der Waals surface area contributed by atoms with Crippen molar-refractivity contribution in [1.82, 2.24) is 5.32 Å². The molecular formula is C29H34N2O4S2. The number of esters is 1. The van der Waals surface area contributed by atoms with Crippen LogP contribution in [0.3, 0.4) is 0 Å². The molecule has 0 saturated carbocycles. The van der Waals surface area contributed by atoms with Gasteiger partial charge in [-0.15, -0.1) is 22.7 Å². The van der Waals surface area contributed by atoms with Gasteiger partial charge in [0.05, 0.1) is 5.56 Å². The third kappa shape index (κ3) is 5.55. The quantitative estimate of drug-likeness (QED) is 0.299. The van der Waals surface area contributed by atoms with Gasteiger partial charge in [-0.25, -0.2) is 9.59 Å². The van der Waals surface area contributed by atoms with E-state index in [0.29, 0.717) is 17.1 Å². The van der Waals surface area contributed by atoms with Crippen molar-refractivity contribution in [3.8, 4) is 16.2 Å². The summed E-state index contributed by atoms with van der Waals surface area (Å²) in [6, 6.07) is 7.03. The van der Waals surface area contributed by atoms with Crippen molar-refractivity contribution in [1.29, 1.82) is 0 Å². The lowest BCUT2D eigenvalue weighted by atomic mass is 9.93. The normalized spacial score (nSPS) is 15.0. The Kier molecular flexibility index (Phi) is 7.32. The van der Waals surface area contributed by atoms with Gasteiger partial charge in [-0.2, -0.15) is 0 Å². The number of aryl methyl sites for hydroxylation is 2. The second kappa shape index (κ2) is 10.5. The molecule has 0 atom stereocenters. The van der Waals surface area contributed by atoms with Crippen LogP contribution in [0.1, 0.15) is 83.3 Å². The zero-order valence-corrected chi connectivity index (χ0v) is 23.3. The van der Waals surface area contributed by atoms with Crippen molar-refractivity contribution < 1.29 is 19.4 Å². The van der Waals surface area contributed by atoms with Crippen molar-refractivity contribution in [3.63, 3.8) is 0 Å². The summed E-state index contributed by atoms with van der Waals surface area (Å²) in [4.78, 5) is 29.8. The number of benzene rings is 1. The molecule has 1 aromatic carbocycles. The first-order valence-electron chi connectivity index (χ1n) is 13.1. The lowest BCUT2D eigenvalue weighted by Crippen LogP contribution is -2.30. The number of anilines is 1. The van der Waals surface area contributed by atoms with Gasteiger partial charge in [0.2, 0.25) is 0 Å². The maximum atomic E-state index is 13.1. The third-order valence-electron chi connectivity index (χ3n) is 6.86. The zero-order chi connectivity index (χ0) is 26.2. The number of urea groups is 1. The highest BCUT2D eigenvalue weighted by molar-refractivity contribution is 7.17. The molecule has 0 spiro atoms. The molecule has 2 aliphatic rings. The number of nitrogens with one attached hydrogen (secondary N) is 2. The number of carbonyl (C=O) groups excluding carboxylic acids is 2. The molecule has 0 fully saturated rings. The molecule has 6 nitrogen and oxygen atoms in total. The highest BCUT2D eigenvalue weighted by Gasteiger charge is 2.30. The maximum absolute atomic E-state index is 13.1. The molecule has 2 amide bonds. The average molecular weight is 539 g/mol. The minimum Gasteiger partial charge on any atom is -0.507 e. The topological polar surface area (TPSA) is 87.7 Å². The Balaban J connectivity index is 1.39. The maximum Gasteiger partial charge on any atom is 0.341 e. The van der Waals surface area contributed by atoms with E-state index >= 15 is 0 Å². The van der Waals surface area contributed by atoms with Gasteiger partial charge >= 0.3 is 12.0 Å². The minimum atomic E-state index is -0.614. The van der Waals surface area contributed by atoms with Gasteiger partial charge in [0.25, 0.3) is 0 Å². The molecule has 2 aliphatic carbocycles. The Morgan fingerprint density at radius 2 is 1.59 bits per heavy atom. The molecule has 2 heterocycles. The van der Waals surface area contributed by atoms with Gasteiger partial charge in [0.1, 0.15) is 16.4 Å². The monoisotopic (exact) mass is 538 g/mol. The molecule has 0 saturated heterocycles. The van der Waals surface area contributed by atoms with Gasteiger partial charge < -0.3 is 15.2 Å². The molecule has 37 heavy (non-hydrogen) atoms. The molecule has 196 valence electrons. The Labute approximate surface area is 226 Å². The number of carbonyl (C=O) groups is 2. The number of phenols is 1. The molecule has 5 rings (SSSR count). The van der Waals surface area contributed by atoms with Crippen molar-refractivity contribution in [2.24, 2.45) is 0 Å². The summed E-state index contributed by atoms with van der Waals surface area (Å²) in [6.07, 6.45) is 8.18. The average Bonchev–Trinajstić information content (AvgIpc) is 3.39. The SMILES string of the molecule is CC(C)(C)OC(=O)c1c(NC(=O)NCc2c(-c3ccccc3O)sc3c2CCCC3)sc2c1CCCC2. The fraction of sp³-hybridized carbons (Fsp3) is 0.448. The number of ether oxygens (including phenoxy) is 1. The van der Waals surface area contributed by atoms with Crippen LogP contribution in [-0.4, -0.2) is 22.7 Å². The first-order chi connectivity index (χ1) is 17.7. The summed E-state index contributed by atoms with van der Waals surface area (Å²) in [6.45, 7) is 5.92. The standard InChI is InChI=1S/C29H34N2O4S2/c1-29(2,3)35-27(33)24-19-12-6-9-15-23(19)37-26(24)31-28(34)30-16-20-17-10-5-8-14-22(17)36-25(20)18-11-4-7-13-21(18)32/h4,7,11,13,32H,5-6,8-10,12,14-16H2,1-3H3,(H2,30,31,34). The number of fused-ring (bicyclic) bond motifs is 2. The number of hydrogen-bond acceptors (Lipinski definition) is 6. The largest absolute Gasteiger partial charge is 0.507 e. The fourth-order valence-electron chi connectivity index (χ4n) is 5.22. The van der Waals surface area contributed by atoms with Crippen molar-refractivity contribution in [2.75, 3.05) is 5.32 Å². The zero-order valence-electron chi connectivity index (χ0n) is 21.7. The van der Waals surface area contributed by atoms with E-state index in [4.69, 9.17) is 4.74 Å². The second-order valence-corrected chi connectivity index (χ2v) is 13.0. The number of rotatable bonds is 5. The molecule has 3 N–H and O–H groups in total.